The van der Waals surface area contributed by atoms with Crippen LogP contribution in [0.5, 0.6) is 0 Å². The Morgan fingerprint density at radius 2 is 1.67 bits per heavy atom. The van der Waals surface area contributed by atoms with Crippen LogP contribution in [0.25, 0.3) is 11.1 Å². The maximum absolute atomic E-state index is 13.1. The van der Waals surface area contributed by atoms with Crippen molar-refractivity contribution < 1.29 is 18.7 Å². The summed E-state index contributed by atoms with van der Waals surface area (Å²) >= 11 is 3.15. The van der Waals surface area contributed by atoms with Gasteiger partial charge in [-0.3, -0.25) is 0 Å². The van der Waals surface area contributed by atoms with Crippen molar-refractivity contribution in [2.24, 2.45) is 0 Å². The molecular formula is C13H7BrF2O2. The monoisotopic (exact) mass is 312 g/mol. The molecule has 0 radical (unpaired) electrons. The standard InChI is InChI=1S/C13H7BrF2O2/c14-8-1-2-11(12(5-8)13(17)18)7-3-9(15)6-10(16)4-7/h1-6H,(H,17,18). The minimum atomic E-state index is -1.16. The van der Waals surface area contributed by atoms with E-state index in [0.717, 1.165) is 18.2 Å². The lowest BCUT2D eigenvalue weighted by Gasteiger charge is -2.07. The third-order valence-corrected chi connectivity index (χ3v) is 2.88. The quantitative estimate of drug-likeness (QED) is 0.906. The van der Waals surface area contributed by atoms with Gasteiger partial charge in [-0.25, -0.2) is 13.6 Å². The molecule has 0 aromatic heterocycles. The van der Waals surface area contributed by atoms with E-state index in [9.17, 15) is 13.6 Å². The molecule has 0 spiro atoms. The molecule has 18 heavy (non-hydrogen) atoms. The van der Waals surface area contributed by atoms with E-state index in [2.05, 4.69) is 15.9 Å². The van der Waals surface area contributed by atoms with Crippen molar-refractivity contribution in [1.82, 2.24) is 0 Å². The van der Waals surface area contributed by atoms with Crippen molar-refractivity contribution in [3.05, 3.63) is 58.1 Å². The van der Waals surface area contributed by atoms with Crippen molar-refractivity contribution >= 4 is 21.9 Å². The van der Waals surface area contributed by atoms with Crippen molar-refractivity contribution in [2.75, 3.05) is 0 Å². The van der Waals surface area contributed by atoms with Gasteiger partial charge in [-0.05, 0) is 35.4 Å². The van der Waals surface area contributed by atoms with Crippen LogP contribution in [-0.2, 0) is 0 Å². The van der Waals surface area contributed by atoms with Gasteiger partial charge < -0.3 is 5.11 Å². The summed E-state index contributed by atoms with van der Waals surface area (Å²) < 4.78 is 26.8. The highest BCUT2D eigenvalue weighted by atomic mass is 79.9. The number of hydrogen-bond acceptors (Lipinski definition) is 1. The summed E-state index contributed by atoms with van der Waals surface area (Å²) in [6, 6.07) is 7.44. The molecule has 0 unspecified atom stereocenters. The molecule has 0 amide bonds. The van der Waals surface area contributed by atoms with Gasteiger partial charge in [0.1, 0.15) is 11.6 Å². The number of carbonyl (C=O) groups is 1. The molecule has 0 aliphatic carbocycles. The van der Waals surface area contributed by atoms with Gasteiger partial charge in [-0.2, -0.15) is 0 Å². The van der Waals surface area contributed by atoms with Gasteiger partial charge in [-0.15, -0.1) is 0 Å². The summed E-state index contributed by atoms with van der Waals surface area (Å²) in [4.78, 5) is 11.1. The smallest absolute Gasteiger partial charge is 0.336 e. The molecule has 2 aromatic carbocycles. The van der Waals surface area contributed by atoms with Crippen LogP contribution in [0.1, 0.15) is 10.4 Å². The molecule has 5 heteroatoms. The van der Waals surface area contributed by atoms with E-state index in [4.69, 9.17) is 5.11 Å². The molecule has 0 heterocycles. The Bertz CT molecular complexity index is 606. The second kappa shape index (κ2) is 4.86. The van der Waals surface area contributed by atoms with Crippen LogP contribution in [-0.4, -0.2) is 11.1 Å². The van der Waals surface area contributed by atoms with Gasteiger partial charge in [0.2, 0.25) is 0 Å². The Morgan fingerprint density at radius 3 is 2.22 bits per heavy atom. The van der Waals surface area contributed by atoms with Crippen LogP contribution >= 0.6 is 15.9 Å². The highest BCUT2D eigenvalue weighted by Crippen LogP contribution is 2.28. The zero-order valence-electron chi connectivity index (χ0n) is 8.95. The Hall–Kier alpha value is -1.75. The second-order valence-electron chi connectivity index (χ2n) is 3.65. The van der Waals surface area contributed by atoms with E-state index in [0.29, 0.717) is 4.47 Å². The summed E-state index contributed by atoms with van der Waals surface area (Å²) in [5.74, 6) is -2.65. The first-order chi connectivity index (χ1) is 8.47. The molecule has 2 rings (SSSR count). The van der Waals surface area contributed by atoms with Gasteiger partial charge in [0.25, 0.3) is 0 Å². The third kappa shape index (κ3) is 2.56. The molecule has 0 aliphatic rings. The topological polar surface area (TPSA) is 37.3 Å². The second-order valence-corrected chi connectivity index (χ2v) is 4.57. The Balaban J connectivity index is 2.66. The predicted octanol–water partition coefficient (Wildman–Crippen LogP) is 4.09. The van der Waals surface area contributed by atoms with Crippen molar-refractivity contribution in [1.29, 1.82) is 0 Å². The van der Waals surface area contributed by atoms with Gasteiger partial charge in [-0.1, -0.05) is 22.0 Å². The Labute approximate surface area is 110 Å². The summed E-state index contributed by atoms with van der Waals surface area (Å²) in [5.41, 5.74) is 0.441. The van der Waals surface area contributed by atoms with Gasteiger partial charge in [0.15, 0.2) is 0 Å². The van der Waals surface area contributed by atoms with Gasteiger partial charge in [0.05, 0.1) is 5.56 Å². The lowest BCUT2D eigenvalue weighted by Crippen LogP contribution is -2.00. The SMILES string of the molecule is O=C(O)c1cc(Br)ccc1-c1cc(F)cc(F)c1. The number of aromatic carboxylic acids is 1. The average Bonchev–Trinajstić information content (AvgIpc) is 2.27. The van der Waals surface area contributed by atoms with E-state index in [1.807, 2.05) is 0 Å². The lowest BCUT2D eigenvalue weighted by atomic mass is 9.99. The molecule has 0 atom stereocenters. The largest absolute Gasteiger partial charge is 0.478 e. The van der Waals surface area contributed by atoms with Crippen LogP contribution < -0.4 is 0 Å². The Kier molecular flexibility index (Phi) is 3.43. The van der Waals surface area contributed by atoms with Crippen molar-refractivity contribution in [3.63, 3.8) is 0 Å². The Morgan fingerprint density at radius 1 is 1.06 bits per heavy atom. The van der Waals surface area contributed by atoms with E-state index >= 15 is 0 Å². The molecule has 0 fully saturated rings. The third-order valence-electron chi connectivity index (χ3n) is 2.39. The van der Waals surface area contributed by atoms with Gasteiger partial charge >= 0.3 is 5.97 Å². The van der Waals surface area contributed by atoms with Crippen LogP contribution in [0, 0.1) is 11.6 Å². The molecular weight excluding hydrogens is 306 g/mol. The fourth-order valence-electron chi connectivity index (χ4n) is 1.65. The fourth-order valence-corrected chi connectivity index (χ4v) is 2.02. The minimum Gasteiger partial charge on any atom is -0.478 e. The fraction of sp³-hybridized carbons (Fsp3) is 0. The normalized spacial score (nSPS) is 10.4. The highest BCUT2D eigenvalue weighted by molar-refractivity contribution is 9.10. The molecule has 92 valence electrons. The van der Waals surface area contributed by atoms with Crippen LogP contribution in [0.15, 0.2) is 40.9 Å². The van der Waals surface area contributed by atoms with E-state index < -0.39 is 17.6 Å². The number of halogens is 3. The number of carboxylic acids is 1. The van der Waals surface area contributed by atoms with Crippen LogP contribution in [0.4, 0.5) is 8.78 Å². The summed E-state index contributed by atoms with van der Waals surface area (Å²) in [5, 5.41) is 9.08. The van der Waals surface area contributed by atoms with Crippen molar-refractivity contribution in [2.45, 2.75) is 0 Å². The number of benzene rings is 2. The molecule has 2 nitrogen and oxygen atoms in total. The zero-order chi connectivity index (χ0) is 13.3. The predicted molar refractivity (Wildman–Crippen MR) is 66.5 cm³/mol. The number of carboxylic acid groups (broad SMARTS) is 1. The number of hydrogen-bond donors (Lipinski definition) is 1. The first-order valence-corrected chi connectivity index (χ1v) is 5.76. The molecule has 0 aliphatic heterocycles. The van der Waals surface area contributed by atoms with E-state index in [1.54, 1.807) is 6.07 Å². The van der Waals surface area contributed by atoms with Crippen molar-refractivity contribution in [3.8, 4) is 11.1 Å². The van der Waals surface area contributed by atoms with E-state index in [-0.39, 0.29) is 16.7 Å². The average molecular weight is 313 g/mol. The lowest BCUT2D eigenvalue weighted by molar-refractivity contribution is 0.0697. The molecule has 1 N–H and O–H groups in total. The van der Waals surface area contributed by atoms with Crippen LogP contribution in [0.3, 0.4) is 0 Å². The van der Waals surface area contributed by atoms with Crippen LogP contribution in [0.2, 0.25) is 0 Å². The maximum Gasteiger partial charge on any atom is 0.336 e. The molecule has 0 saturated heterocycles. The summed E-state index contributed by atoms with van der Waals surface area (Å²) in [6.45, 7) is 0. The summed E-state index contributed by atoms with van der Waals surface area (Å²) in [6.07, 6.45) is 0. The number of rotatable bonds is 2. The molecule has 0 bridgehead atoms. The van der Waals surface area contributed by atoms with E-state index in [1.165, 1.54) is 12.1 Å². The molecule has 0 saturated carbocycles. The highest BCUT2D eigenvalue weighted by Gasteiger charge is 2.13. The molecule has 2 aromatic rings. The first-order valence-electron chi connectivity index (χ1n) is 4.96. The first kappa shape index (κ1) is 12.7. The summed E-state index contributed by atoms with van der Waals surface area (Å²) in [7, 11) is 0. The van der Waals surface area contributed by atoms with Gasteiger partial charge in [0, 0.05) is 10.5 Å². The maximum atomic E-state index is 13.1. The minimum absolute atomic E-state index is 0.0191. The zero-order valence-corrected chi connectivity index (χ0v) is 10.5.